The van der Waals surface area contributed by atoms with E-state index in [1.807, 2.05) is 11.5 Å². The predicted molar refractivity (Wildman–Crippen MR) is 109 cm³/mol. The van der Waals surface area contributed by atoms with Gasteiger partial charge in [-0.15, -0.1) is 23.0 Å². The number of benzene rings is 2. The summed E-state index contributed by atoms with van der Waals surface area (Å²) >= 11 is 1.50. The van der Waals surface area contributed by atoms with Crippen LogP contribution in [-0.4, -0.2) is 15.7 Å². The van der Waals surface area contributed by atoms with E-state index in [4.69, 9.17) is 0 Å². The standard InChI is InChI=1S/C20H18N4O2S/c1-3-12-23-19(17-8-4-15(2)5-9-17)14-27-20(23)22-21-13-16-6-10-18(11-7-16)24(25)26/h3-11,13-14H,1,12H2,2H3/b21-13-,22-20-. The molecule has 7 heteroatoms. The molecule has 0 fully saturated rings. The minimum atomic E-state index is -0.429. The highest BCUT2D eigenvalue weighted by molar-refractivity contribution is 7.07. The third kappa shape index (κ3) is 4.45. The summed E-state index contributed by atoms with van der Waals surface area (Å²) < 4.78 is 2.05. The van der Waals surface area contributed by atoms with Gasteiger partial charge in [0.1, 0.15) is 0 Å². The number of nitro benzene ring substituents is 1. The van der Waals surface area contributed by atoms with E-state index in [0.29, 0.717) is 6.54 Å². The van der Waals surface area contributed by atoms with Crippen LogP contribution in [0.2, 0.25) is 0 Å². The van der Waals surface area contributed by atoms with Crippen molar-refractivity contribution in [1.29, 1.82) is 0 Å². The Bertz CT molecular complexity index is 1040. The topological polar surface area (TPSA) is 72.8 Å². The van der Waals surface area contributed by atoms with E-state index in [1.54, 1.807) is 18.3 Å². The second kappa shape index (κ2) is 8.37. The van der Waals surface area contributed by atoms with Crippen LogP contribution in [0.15, 0.2) is 76.8 Å². The minimum absolute atomic E-state index is 0.0499. The molecule has 0 atom stereocenters. The molecule has 0 aliphatic carbocycles. The van der Waals surface area contributed by atoms with Gasteiger partial charge in [0.05, 0.1) is 16.8 Å². The van der Waals surface area contributed by atoms with Gasteiger partial charge in [-0.1, -0.05) is 35.9 Å². The van der Waals surface area contributed by atoms with Crippen LogP contribution in [0.4, 0.5) is 5.69 Å². The van der Waals surface area contributed by atoms with Crippen molar-refractivity contribution in [3.05, 3.63) is 92.6 Å². The van der Waals surface area contributed by atoms with Crippen LogP contribution >= 0.6 is 11.3 Å². The van der Waals surface area contributed by atoms with Crippen molar-refractivity contribution in [1.82, 2.24) is 4.57 Å². The molecule has 27 heavy (non-hydrogen) atoms. The maximum Gasteiger partial charge on any atom is 0.269 e. The molecule has 1 aromatic heterocycles. The Morgan fingerprint density at radius 1 is 1.19 bits per heavy atom. The number of nitro groups is 1. The lowest BCUT2D eigenvalue weighted by Crippen LogP contribution is -2.14. The Morgan fingerprint density at radius 2 is 1.89 bits per heavy atom. The highest BCUT2D eigenvalue weighted by Crippen LogP contribution is 2.20. The average Bonchev–Trinajstić information content (AvgIpc) is 3.06. The molecular formula is C20H18N4O2S. The van der Waals surface area contributed by atoms with Gasteiger partial charge in [0.25, 0.3) is 5.69 Å². The van der Waals surface area contributed by atoms with Gasteiger partial charge in [-0.25, -0.2) is 0 Å². The summed E-state index contributed by atoms with van der Waals surface area (Å²) in [7, 11) is 0. The average molecular weight is 378 g/mol. The molecule has 0 bridgehead atoms. The van der Waals surface area contributed by atoms with E-state index >= 15 is 0 Å². The highest BCUT2D eigenvalue weighted by atomic mass is 32.1. The third-order valence-corrected chi connectivity index (χ3v) is 4.76. The summed E-state index contributed by atoms with van der Waals surface area (Å²) in [5.41, 5.74) is 4.18. The van der Waals surface area contributed by atoms with Crippen molar-refractivity contribution in [3.63, 3.8) is 0 Å². The molecule has 0 unspecified atom stereocenters. The Labute approximate surface area is 160 Å². The zero-order valence-electron chi connectivity index (χ0n) is 14.8. The molecule has 136 valence electrons. The van der Waals surface area contributed by atoms with E-state index in [0.717, 1.165) is 21.6 Å². The lowest BCUT2D eigenvalue weighted by molar-refractivity contribution is -0.384. The fourth-order valence-corrected chi connectivity index (χ4v) is 3.37. The molecule has 2 aromatic carbocycles. The lowest BCUT2D eigenvalue weighted by atomic mass is 10.1. The van der Waals surface area contributed by atoms with Crippen LogP contribution in [0.5, 0.6) is 0 Å². The maximum absolute atomic E-state index is 10.7. The van der Waals surface area contributed by atoms with Crippen molar-refractivity contribution in [2.24, 2.45) is 10.2 Å². The van der Waals surface area contributed by atoms with E-state index < -0.39 is 4.92 Å². The molecule has 0 N–H and O–H groups in total. The Morgan fingerprint density at radius 3 is 2.52 bits per heavy atom. The van der Waals surface area contributed by atoms with Gasteiger partial charge in [-0.05, 0) is 30.2 Å². The fourth-order valence-electron chi connectivity index (χ4n) is 2.50. The zero-order chi connectivity index (χ0) is 19.2. The molecule has 0 amide bonds. The molecule has 6 nitrogen and oxygen atoms in total. The molecule has 0 radical (unpaired) electrons. The number of hydrogen-bond donors (Lipinski definition) is 0. The van der Waals surface area contributed by atoms with Crippen LogP contribution in [0.25, 0.3) is 11.3 Å². The highest BCUT2D eigenvalue weighted by Gasteiger charge is 2.07. The minimum Gasteiger partial charge on any atom is -0.311 e. The number of aromatic nitrogens is 1. The number of thiazole rings is 1. The first-order chi connectivity index (χ1) is 13.1. The van der Waals surface area contributed by atoms with Crippen molar-refractivity contribution < 1.29 is 4.92 Å². The van der Waals surface area contributed by atoms with Crippen LogP contribution in [-0.2, 0) is 6.54 Å². The predicted octanol–water partition coefficient (Wildman–Crippen LogP) is 4.55. The second-order valence-electron chi connectivity index (χ2n) is 5.86. The summed E-state index contributed by atoms with van der Waals surface area (Å²) in [6, 6.07) is 14.5. The molecule has 3 rings (SSSR count). The third-order valence-electron chi connectivity index (χ3n) is 3.91. The zero-order valence-corrected chi connectivity index (χ0v) is 15.6. The summed E-state index contributed by atoms with van der Waals surface area (Å²) in [5.74, 6) is 0. The first-order valence-electron chi connectivity index (χ1n) is 8.26. The normalized spacial score (nSPS) is 11.8. The molecule has 3 aromatic rings. The monoisotopic (exact) mass is 378 g/mol. The van der Waals surface area contributed by atoms with Gasteiger partial charge in [-0.2, -0.15) is 5.10 Å². The van der Waals surface area contributed by atoms with Crippen molar-refractivity contribution in [2.45, 2.75) is 13.5 Å². The van der Waals surface area contributed by atoms with Crippen molar-refractivity contribution >= 4 is 23.2 Å². The molecule has 0 saturated heterocycles. The maximum atomic E-state index is 10.7. The SMILES string of the molecule is C=CCn1c(-c2ccc(C)cc2)cs/c1=N\N=C/c1ccc([N+](=O)[O-])cc1. The van der Waals surface area contributed by atoms with E-state index in [9.17, 15) is 10.1 Å². The number of aryl methyl sites for hydroxylation is 1. The quantitative estimate of drug-likeness (QED) is 0.273. The van der Waals surface area contributed by atoms with Crippen LogP contribution in [0, 0.1) is 17.0 Å². The number of allylic oxidation sites excluding steroid dienone is 1. The van der Waals surface area contributed by atoms with E-state index in [-0.39, 0.29) is 5.69 Å². The molecule has 0 aliphatic heterocycles. The van der Waals surface area contributed by atoms with Crippen molar-refractivity contribution in [3.8, 4) is 11.3 Å². The summed E-state index contributed by atoms with van der Waals surface area (Å²) in [6.07, 6.45) is 3.40. The van der Waals surface area contributed by atoms with E-state index in [2.05, 4.69) is 52.5 Å². The lowest BCUT2D eigenvalue weighted by Gasteiger charge is -2.06. The Hall–Kier alpha value is -3.32. The Kier molecular flexibility index (Phi) is 5.73. The van der Waals surface area contributed by atoms with Gasteiger partial charge in [0.15, 0.2) is 0 Å². The molecule has 0 spiro atoms. The van der Waals surface area contributed by atoms with Gasteiger partial charge >= 0.3 is 0 Å². The summed E-state index contributed by atoms with van der Waals surface area (Å²) in [5, 5.41) is 21.2. The summed E-state index contributed by atoms with van der Waals surface area (Å²) in [4.78, 5) is 11.0. The molecule has 1 heterocycles. The smallest absolute Gasteiger partial charge is 0.269 e. The number of non-ortho nitro benzene ring substituents is 1. The van der Waals surface area contributed by atoms with Gasteiger partial charge in [0.2, 0.25) is 4.80 Å². The first-order valence-corrected chi connectivity index (χ1v) is 9.14. The number of nitrogens with zero attached hydrogens (tertiary/aromatic N) is 4. The van der Waals surface area contributed by atoms with Gasteiger partial charge < -0.3 is 4.57 Å². The molecular weight excluding hydrogens is 360 g/mol. The fraction of sp³-hybridized carbons (Fsp3) is 0.100. The summed E-state index contributed by atoms with van der Waals surface area (Å²) in [6.45, 7) is 6.51. The van der Waals surface area contributed by atoms with E-state index in [1.165, 1.54) is 29.0 Å². The van der Waals surface area contributed by atoms with Crippen molar-refractivity contribution in [2.75, 3.05) is 0 Å². The van der Waals surface area contributed by atoms with Crippen LogP contribution in [0.3, 0.4) is 0 Å². The number of hydrogen-bond acceptors (Lipinski definition) is 5. The second-order valence-corrected chi connectivity index (χ2v) is 6.70. The first kappa shape index (κ1) is 18.5. The van der Waals surface area contributed by atoms with Gasteiger partial charge in [0, 0.05) is 24.1 Å². The largest absolute Gasteiger partial charge is 0.311 e. The van der Waals surface area contributed by atoms with Crippen LogP contribution < -0.4 is 4.80 Å². The molecule has 0 saturated carbocycles. The number of rotatable bonds is 6. The molecule has 0 aliphatic rings. The Balaban J connectivity index is 1.90. The van der Waals surface area contributed by atoms with Gasteiger partial charge in [-0.3, -0.25) is 10.1 Å². The van der Waals surface area contributed by atoms with Crippen LogP contribution in [0.1, 0.15) is 11.1 Å².